The number of H-pyrrole nitrogens is 1. The van der Waals surface area contributed by atoms with Crippen molar-refractivity contribution in [1.29, 1.82) is 0 Å². The molecule has 0 amide bonds. The minimum absolute atomic E-state index is 0.363. The van der Waals surface area contributed by atoms with E-state index in [-0.39, 0.29) is 6.04 Å². The highest BCUT2D eigenvalue weighted by Crippen LogP contribution is 2.40. The third kappa shape index (κ3) is 3.98. The van der Waals surface area contributed by atoms with Gasteiger partial charge in [0.2, 0.25) is 0 Å². The molecular weight excluding hydrogens is 430 g/mol. The lowest BCUT2D eigenvalue weighted by molar-refractivity contribution is -0.0167. The Balaban J connectivity index is 1.47. The normalized spacial score (nSPS) is 24.5. The number of benzene rings is 1. The Hall–Kier alpha value is -3.20. The van der Waals surface area contributed by atoms with Gasteiger partial charge in [-0.05, 0) is 55.6 Å². The molecule has 2 aliphatic rings. The Morgan fingerprint density at radius 1 is 1.29 bits per heavy atom. The van der Waals surface area contributed by atoms with Crippen LogP contribution in [0, 0.1) is 0 Å². The molecule has 0 saturated heterocycles. The maximum atomic E-state index is 11.0. The molecule has 8 nitrogen and oxygen atoms in total. The minimum atomic E-state index is -1.02. The first kappa shape index (κ1) is 22.6. The van der Waals surface area contributed by atoms with Crippen LogP contribution in [0.15, 0.2) is 48.4 Å². The highest BCUT2D eigenvalue weighted by Gasteiger charge is 2.45. The molecular formula is C26H31N5O3. The summed E-state index contributed by atoms with van der Waals surface area (Å²) in [4.78, 5) is 4.53. The Morgan fingerprint density at radius 3 is 2.88 bits per heavy atom. The van der Waals surface area contributed by atoms with Gasteiger partial charge in [0.05, 0.1) is 12.2 Å². The molecule has 0 spiro atoms. The van der Waals surface area contributed by atoms with Gasteiger partial charge in [-0.2, -0.15) is 5.10 Å². The molecule has 4 atom stereocenters. The molecule has 2 aromatic heterocycles. The summed E-state index contributed by atoms with van der Waals surface area (Å²) in [5.41, 5.74) is 6.16. The molecule has 1 aliphatic heterocycles. The number of hydrogen-bond donors (Lipinski definition) is 4. The number of aliphatic imine (C=N–C) groups is 1. The fraction of sp³-hybridized carbons (Fsp3) is 0.385. The van der Waals surface area contributed by atoms with Gasteiger partial charge in [-0.25, -0.2) is 4.99 Å². The Labute approximate surface area is 199 Å². The topological polar surface area (TPSA) is 108 Å². The standard InChI is InChI=1S/C26H31N5O3/c1-4-28-26-19(15(2)3)6-8-31(26)21-11-23(25(33)24(21)32)34-22-10-17(18-12-29-30-13-18)9-16-5-7-27-14-20(16)22/h4,6,8-10,12-13,21,23-25,27,32-33H,2,5,7,11,14H2,1,3H3,(H,29,30)/b28-4-/t21?,23?,24-,25+/m0/s1. The van der Waals surface area contributed by atoms with Crippen LogP contribution >= 0.6 is 0 Å². The van der Waals surface area contributed by atoms with Crippen LogP contribution in [0.5, 0.6) is 5.75 Å². The molecule has 3 heterocycles. The minimum Gasteiger partial charge on any atom is -0.487 e. The van der Waals surface area contributed by atoms with E-state index in [9.17, 15) is 10.2 Å². The number of nitrogens with one attached hydrogen (secondary N) is 2. The molecule has 1 aliphatic carbocycles. The van der Waals surface area contributed by atoms with Crippen LogP contribution in [0.1, 0.15) is 43.0 Å². The van der Waals surface area contributed by atoms with Crippen LogP contribution in [0.3, 0.4) is 0 Å². The zero-order valence-corrected chi connectivity index (χ0v) is 19.5. The van der Waals surface area contributed by atoms with Gasteiger partial charge in [0, 0.05) is 48.3 Å². The quantitative estimate of drug-likeness (QED) is 0.421. The Kier molecular flexibility index (Phi) is 6.12. The third-order valence-corrected chi connectivity index (χ3v) is 6.84. The summed E-state index contributed by atoms with van der Waals surface area (Å²) in [5, 5.41) is 32.3. The molecule has 0 radical (unpaired) electrons. The highest BCUT2D eigenvalue weighted by molar-refractivity contribution is 5.74. The summed E-state index contributed by atoms with van der Waals surface area (Å²) in [7, 11) is 0. The lowest BCUT2D eigenvalue weighted by Crippen LogP contribution is -2.34. The summed E-state index contributed by atoms with van der Waals surface area (Å²) < 4.78 is 8.38. The van der Waals surface area contributed by atoms with Crippen LogP contribution in [0.2, 0.25) is 0 Å². The van der Waals surface area contributed by atoms with E-state index < -0.39 is 18.3 Å². The van der Waals surface area contributed by atoms with E-state index in [1.807, 2.05) is 42.9 Å². The van der Waals surface area contributed by atoms with Crippen molar-refractivity contribution in [3.63, 3.8) is 0 Å². The third-order valence-electron chi connectivity index (χ3n) is 6.84. The number of hydrogen-bond acceptors (Lipinski definition) is 6. The summed E-state index contributed by atoms with van der Waals surface area (Å²) in [5.74, 6) is 1.47. The predicted molar refractivity (Wildman–Crippen MR) is 132 cm³/mol. The van der Waals surface area contributed by atoms with E-state index in [2.05, 4.69) is 33.2 Å². The number of fused-ring (bicyclic) bond motifs is 1. The van der Waals surface area contributed by atoms with Crippen molar-refractivity contribution in [3.8, 4) is 16.9 Å². The van der Waals surface area contributed by atoms with E-state index >= 15 is 0 Å². The molecule has 178 valence electrons. The van der Waals surface area contributed by atoms with Gasteiger partial charge in [0.25, 0.3) is 0 Å². The highest BCUT2D eigenvalue weighted by atomic mass is 16.5. The first-order valence-electron chi connectivity index (χ1n) is 11.7. The van der Waals surface area contributed by atoms with Gasteiger partial charge in [-0.3, -0.25) is 5.10 Å². The summed E-state index contributed by atoms with van der Waals surface area (Å²) in [6.45, 7) is 9.46. The van der Waals surface area contributed by atoms with E-state index in [4.69, 9.17) is 4.74 Å². The summed E-state index contributed by atoms with van der Waals surface area (Å²) in [6.07, 6.45) is 6.08. The van der Waals surface area contributed by atoms with Crippen molar-refractivity contribution in [2.45, 2.75) is 57.6 Å². The van der Waals surface area contributed by atoms with Gasteiger partial charge in [0.15, 0.2) is 0 Å². The number of nitrogens with zero attached hydrogens (tertiary/aromatic N) is 3. The molecule has 4 N–H and O–H groups in total. The fourth-order valence-corrected chi connectivity index (χ4v) is 5.07. The molecule has 1 aromatic carbocycles. The van der Waals surface area contributed by atoms with Crippen LogP contribution in [-0.2, 0) is 13.0 Å². The number of aliphatic hydroxyl groups is 2. The molecule has 5 rings (SSSR count). The van der Waals surface area contributed by atoms with Gasteiger partial charge >= 0.3 is 0 Å². The first-order chi connectivity index (χ1) is 16.5. The van der Waals surface area contributed by atoms with Crippen LogP contribution < -0.4 is 10.1 Å². The molecule has 1 saturated carbocycles. The molecule has 34 heavy (non-hydrogen) atoms. The number of aromatic nitrogens is 3. The van der Waals surface area contributed by atoms with Crippen LogP contribution in [0.25, 0.3) is 16.7 Å². The summed E-state index contributed by atoms with van der Waals surface area (Å²) >= 11 is 0. The van der Waals surface area contributed by atoms with Crippen molar-refractivity contribution in [3.05, 3.63) is 60.1 Å². The van der Waals surface area contributed by atoms with Crippen molar-refractivity contribution in [2.24, 2.45) is 4.99 Å². The number of aromatic amines is 1. The zero-order valence-electron chi connectivity index (χ0n) is 19.5. The van der Waals surface area contributed by atoms with Gasteiger partial charge in [0.1, 0.15) is 29.9 Å². The van der Waals surface area contributed by atoms with E-state index in [1.165, 1.54) is 5.56 Å². The van der Waals surface area contributed by atoms with Crippen molar-refractivity contribution in [1.82, 2.24) is 20.1 Å². The second kappa shape index (κ2) is 9.21. The van der Waals surface area contributed by atoms with E-state index in [1.54, 1.807) is 12.4 Å². The van der Waals surface area contributed by atoms with Gasteiger partial charge in [-0.1, -0.05) is 12.6 Å². The van der Waals surface area contributed by atoms with Crippen LogP contribution in [0.4, 0.5) is 5.82 Å². The molecule has 8 heteroatoms. The smallest absolute Gasteiger partial charge is 0.140 e. The number of ether oxygens (including phenoxy) is 1. The lowest BCUT2D eigenvalue weighted by atomic mass is 9.95. The second-order valence-electron chi connectivity index (χ2n) is 9.09. The van der Waals surface area contributed by atoms with E-state index in [0.717, 1.165) is 52.4 Å². The maximum absolute atomic E-state index is 11.0. The van der Waals surface area contributed by atoms with Crippen molar-refractivity contribution < 1.29 is 14.9 Å². The predicted octanol–water partition coefficient (Wildman–Crippen LogP) is 3.39. The first-order valence-corrected chi connectivity index (χ1v) is 11.7. The second-order valence-corrected chi connectivity index (χ2v) is 9.09. The molecule has 2 unspecified atom stereocenters. The number of aliphatic hydroxyl groups excluding tert-OH is 2. The lowest BCUT2D eigenvalue weighted by Gasteiger charge is -2.25. The van der Waals surface area contributed by atoms with Crippen molar-refractivity contribution >= 4 is 17.6 Å². The monoisotopic (exact) mass is 461 g/mol. The zero-order chi connectivity index (χ0) is 23.8. The number of allylic oxidation sites excluding steroid dienone is 1. The van der Waals surface area contributed by atoms with Crippen LogP contribution in [-0.4, -0.2) is 56.0 Å². The van der Waals surface area contributed by atoms with Gasteiger partial charge < -0.3 is 24.8 Å². The molecule has 1 fully saturated rings. The van der Waals surface area contributed by atoms with Crippen molar-refractivity contribution in [2.75, 3.05) is 6.54 Å². The summed E-state index contributed by atoms with van der Waals surface area (Å²) in [6, 6.07) is 5.78. The average molecular weight is 462 g/mol. The molecule has 0 bridgehead atoms. The van der Waals surface area contributed by atoms with Gasteiger partial charge in [-0.15, -0.1) is 0 Å². The Bertz CT molecular complexity index is 1210. The van der Waals surface area contributed by atoms with E-state index in [0.29, 0.717) is 13.0 Å². The average Bonchev–Trinajstić information content (AvgIpc) is 3.56. The fourth-order valence-electron chi connectivity index (χ4n) is 5.07. The Morgan fingerprint density at radius 2 is 2.15 bits per heavy atom. The SMILES string of the molecule is C=C(C)c1ccn(C2CC(Oc3cc(-c4cn[nH]c4)cc4c3CNCC4)[C@@H](O)[C@H]2O)c1/N=C\C. The maximum Gasteiger partial charge on any atom is 0.140 e. The number of rotatable bonds is 6. The molecule has 3 aromatic rings. The largest absolute Gasteiger partial charge is 0.487 e.